The van der Waals surface area contributed by atoms with Crippen LogP contribution in [-0.2, 0) is 6.42 Å². The van der Waals surface area contributed by atoms with Crippen molar-refractivity contribution < 1.29 is 19.8 Å². The number of methoxy groups -OCH3 is 2. The molecule has 1 rings (SSSR count). The van der Waals surface area contributed by atoms with Crippen molar-refractivity contribution >= 4 is 5.71 Å². The molecule has 5 heteroatoms. The van der Waals surface area contributed by atoms with E-state index in [0.717, 1.165) is 0 Å². The summed E-state index contributed by atoms with van der Waals surface area (Å²) in [5.74, 6) is 1.07. The summed E-state index contributed by atoms with van der Waals surface area (Å²) < 4.78 is 10.1. The van der Waals surface area contributed by atoms with Crippen molar-refractivity contribution in [3.63, 3.8) is 0 Å². The minimum atomic E-state index is 0.0548. The largest absolute Gasteiger partial charge is 0.507 e. The van der Waals surface area contributed by atoms with Gasteiger partial charge in [-0.3, -0.25) is 0 Å². The van der Waals surface area contributed by atoms with E-state index in [9.17, 15) is 5.11 Å². The first-order valence-electron chi connectivity index (χ1n) is 4.73. The predicted molar refractivity (Wildman–Crippen MR) is 59.8 cm³/mol. The minimum Gasteiger partial charge on any atom is -0.507 e. The molecule has 0 aliphatic carbocycles. The number of oxime groups is 1. The van der Waals surface area contributed by atoms with Crippen LogP contribution in [0.5, 0.6) is 17.2 Å². The molecule has 0 atom stereocenters. The van der Waals surface area contributed by atoms with Crippen molar-refractivity contribution in [2.75, 3.05) is 14.2 Å². The summed E-state index contributed by atoms with van der Waals surface area (Å²) in [6, 6.07) is 3.15. The molecule has 0 amide bonds. The van der Waals surface area contributed by atoms with Crippen LogP contribution in [0.3, 0.4) is 0 Å². The number of hydrogen-bond donors (Lipinski definition) is 2. The number of nitrogens with zero attached hydrogens (tertiary/aromatic N) is 1. The molecule has 0 heterocycles. The smallest absolute Gasteiger partial charge is 0.129 e. The minimum absolute atomic E-state index is 0.0548. The fourth-order valence-electron chi connectivity index (χ4n) is 1.37. The standard InChI is InChI=1S/C11H15NO4/c1-7(12-14)4-9-10(13)5-8(15-2)6-11(9)16-3/h5-6,13-14H,4H2,1-3H3/b12-7+. The fraction of sp³-hybridized carbons (Fsp3) is 0.364. The first-order valence-corrected chi connectivity index (χ1v) is 4.73. The van der Waals surface area contributed by atoms with E-state index in [4.69, 9.17) is 14.7 Å². The first-order chi connectivity index (χ1) is 7.62. The quantitative estimate of drug-likeness (QED) is 0.465. The van der Waals surface area contributed by atoms with Gasteiger partial charge in [-0.15, -0.1) is 0 Å². The molecule has 0 spiro atoms. The Labute approximate surface area is 93.9 Å². The van der Waals surface area contributed by atoms with E-state index in [1.165, 1.54) is 20.3 Å². The third kappa shape index (κ3) is 2.56. The highest BCUT2D eigenvalue weighted by Crippen LogP contribution is 2.33. The van der Waals surface area contributed by atoms with Gasteiger partial charge < -0.3 is 19.8 Å². The number of ether oxygens (including phenoxy) is 2. The Morgan fingerprint density at radius 2 is 2.00 bits per heavy atom. The van der Waals surface area contributed by atoms with Crippen LogP contribution in [0.4, 0.5) is 0 Å². The molecule has 0 fully saturated rings. The molecule has 0 aliphatic rings. The first kappa shape index (κ1) is 12.2. The molecule has 1 aromatic rings. The van der Waals surface area contributed by atoms with Gasteiger partial charge >= 0.3 is 0 Å². The van der Waals surface area contributed by atoms with E-state index in [2.05, 4.69) is 5.16 Å². The maximum Gasteiger partial charge on any atom is 0.129 e. The molecule has 5 nitrogen and oxygen atoms in total. The number of phenolic OH excluding ortho intramolecular Hbond substituents is 1. The molecule has 0 unspecified atom stereocenters. The van der Waals surface area contributed by atoms with Crippen LogP contribution in [0.2, 0.25) is 0 Å². The Balaban J connectivity index is 3.16. The maximum absolute atomic E-state index is 9.78. The summed E-state index contributed by atoms with van der Waals surface area (Å²) in [6.07, 6.45) is 0.315. The topological polar surface area (TPSA) is 71.3 Å². The highest BCUT2D eigenvalue weighted by atomic mass is 16.5. The summed E-state index contributed by atoms with van der Waals surface area (Å²) in [4.78, 5) is 0. The number of hydrogen-bond acceptors (Lipinski definition) is 5. The van der Waals surface area contributed by atoms with Crippen molar-refractivity contribution in [2.24, 2.45) is 5.16 Å². The van der Waals surface area contributed by atoms with E-state index in [0.29, 0.717) is 29.2 Å². The van der Waals surface area contributed by atoms with Gasteiger partial charge in [-0.05, 0) is 6.92 Å². The zero-order valence-electron chi connectivity index (χ0n) is 9.52. The lowest BCUT2D eigenvalue weighted by Crippen LogP contribution is -2.01. The van der Waals surface area contributed by atoms with E-state index >= 15 is 0 Å². The number of rotatable bonds is 4. The molecule has 0 aromatic heterocycles. The lowest BCUT2D eigenvalue weighted by atomic mass is 10.1. The zero-order valence-corrected chi connectivity index (χ0v) is 9.52. The molecule has 1 aromatic carbocycles. The van der Waals surface area contributed by atoms with Gasteiger partial charge in [0.15, 0.2) is 0 Å². The van der Waals surface area contributed by atoms with E-state index in [1.54, 1.807) is 13.0 Å². The highest BCUT2D eigenvalue weighted by molar-refractivity contribution is 5.85. The van der Waals surface area contributed by atoms with Gasteiger partial charge in [0.2, 0.25) is 0 Å². The molecule has 0 bridgehead atoms. The molecule has 16 heavy (non-hydrogen) atoms. The lowest BCUT2D eigenvalue weighted by Gasteiger charge is -2.11. The van der Waals surface area contributed by atoms with Gasteiger partial charge in [-0.25, -0.2) is 0 Å². The molecule has 0 saturated heterocycles. The summed E-state index contributed by atoms with van der Waals surface area (Å²) in [5.41, 5.74) is 1.05. The van der Waals surface area contributed by atoms with Crippen LogP contribution in [0.25, 0.3) is 0 Å². The predicted octanol–water partition coefficient (Wildman–Crippen LogP) is 1.80. The lowest BCUT2D eigenvalue weighted by molar-refractivity contribution is 0.317. The SMILES string of the molecule is COc1cc(O)c(C/C(C)=N/O)c(OC)c1. The van der Waals surface area contributed by atoms with Gasteiger partial charge in [-0.2, -0.15) is 0 Å². The zero-order chi connectivity index (χ0) is 12.1. The monoisotopic (exact) mass is 225 g/mol. The summed E-state index contributed by atoms with van der Waals surface area (Å²) >= 11 is 0. The van der Waals surface area contributed by atoms with E-state index in [1.807, 2.05) is 0 Å². The van der Waals surface area contributed by atoms with Crippen LogP contribution in [0.15, 0.2) is 17.3 Å². The molecule has 2 N–H and O–H groups in total. The average molecular weight is 225 g/mol. The third-order valence-corrected chi connectivity index (χ3v) is 2.22. The Kier molecular flexibility index (Phi) is 3.99. The second kappa shape index (κ2) is 5.25. The van der Waals surface area contributed by atoms with Crippen LogP contribution in [0, 0.1) is 0 Å². The second-order valence-corrected chi connectivity index (χ2v) is 3.34. The van der Waals surface area contributed by atoms with Crippen molar-refractivity contribution in [1.29, 1.82) is 0 Å². The number of phenols is 1. The van der Waals surface area contributed by atoms with Gasteiger partial charge in [-0.1, -0.05) is 5.16 Å². The van der Waals surface area contributed by atoms with Crippen molar-refractivity contribution in [2.45, 2.75) is 13.3 Å². The third-order valence-electron chi connectivity index (χ3n) is 2.22. The molecular formula is C11H15NO4. The van der Waals surface area contributed by atoms with Crippen molar-refractivity contribution in [3.8, 4) is 17.2 Å². The summed E-state index contributed by atoms with van der Waals surface area (Å²) in [6.45, 7) is 1.66. The molecule has 0 saturated carbocycles. The summed E-state index contributed by atoms with van der Waals surface area (Å²) in [7, 11) is 3.01. The van der Waals surface area contributed by atoms with Crippen LogP contribution >= 0.6 is 0 Å². The molecular weight excluding hydrogens is 210 g/mol. The molecule has 0 radical (unpaired) electrons. The Hall–Kier alpha value is -1.91. The average Bonchev–Trinajstić information content (AvgIpc) is 2.30. The summed E-state index contributed by atoms with van der Waals surface area (Å²) in [5, 5.41) is 21.4. The van der Waals surface area contributed by atoms with Crippen LogP contribution in [-0.4, -0.2) is 30.2 Å². The molecule has 0 aliphatic heterocycles. The van der Waals surface area contributed by atoms with Gasteiger partial charge in [0.25, 0.3) is 0 Å². The Morgan fingerprint density at radius 3 is 2.50 bits per heavy atom. The normalized spacial score (nSPS) is 11.3. The Morgan fingerprint density at radius 1 is 1.31 bits per heavy atom. The van der Waals surface area contributed by atoms with Gasteiger partial charge in [0.05, 0.1) is 19.9 Å². The maximum atomic E-state index is 9.78. The van der Waals surface area contributed by atoms with Crippen molar-refractivity contribution in [3.05, 3.63) is 17.7 Å². The van der Waals surface area contributed by atoms with Gasteiger partial charge in [0, 0.05) is 24.1 Å². The number of benzene rings is 1. The van der Waals surface area contributed by atoms with E-state index in [-0.39, 0.29) is 5.75 Å². The van der Waals surface area contributed by atoms with Crippen LogP contribution < -0.4 is 9.47 Å². The Bertz CT molecular complexity index is 401. The van der Waals surface area contributed by atoms with Crippen molar-refractivity contribution in [1.82, 2.24) is 0 Å². The molecule has 88 valence electrons. The van der Waals surface area contributed by atoms with Crippen LogP contribution in [0.1, 0.15) is 12.5 Å². The number of aromatic hydroxyl groups is 1. The highest BCUT2D eigenvalue weighted by Gasteiger charge is 2.12. The fourth-order valence-corrected chi connectivity index (χ4v) is 1.37. The second-order valence-electron chi connectivity index (χ2n) is 3.34. The van der Waals surface area contributed by atoms with E-state index < -0.39 is 0 Å². The van der Waals surface area contributed by atoms with Gasteiger partial charge in [0.1, 0.15) is 17.2 Å².